The van der Waals surface area contributed by atoms with Gasteiger partial charge in [-0.05, 0) is 23.7 Å². The molecule has 0 bridgehead atoms. The number of hydrogen-bond acceptors (Lipinski definition) is 4. The van der Waals surface area contributed by atoms with Gasteiger partial charge in [0.05, 0.1) is 11.8 Å². The van der Waals surface area contributed by atoms with Crippen LogP contribution < -0.4 is 4.74 Å². The Morgan fingerprint density at radius 2 is 2.06 bits per heavy atom. The first kappa shape index (κ1) is 12.2. The van der Waals surface area contributed by atoms with Crippen LogP contribution >= 0.6 is 11.6 Å². The Balaban J connectivity index is 2.32. The van der Waals surface area contributed by atoms with E-state index in [9.17, 15) is 8.78 Å². The molecule has 0 saturated carbocycles. The van der Waals surface area contributed by atoms with Crippen molar-refractivity contribution in [3.8, 4) is 17.7 Å². The first-order valence-electron chi connectivity index (χ1n) is 4.65. The molecule has 0 aliphatic heterocycles. The maximum absolute atomic E-state index is 13.3. The molecule has 90 valence electrons. The molecule has 0 unspecified atom stereocenters. The topological polar surface area (TPSA) is 58.8 Å². The van der Waals surface area contributed by atoms with E-state index < -0.39 is 17.5 Å². The zero-order chi connectivity index (χ0) is 13.1. The monoisotopic (exact) mass is 267 g/mol. The molecular formula is C11H4ClF2N3O. The molecule has 7 heteroatoms. The van der Waals surface area contributed by atoms with Crippen LogP contribution in [0.15, 0.2) is 24.4 Å². The highest BCUT2D eigenvalue weighted by Crippen LogP contribution is 2.24. The number of ether oxygens (including phenoxy) is 1. The van der Waals surface area contributed by atoms with E-state index >= 15 is 0 Å². The predicted molar refractivity (Wildman–Crippen MR) is 58.2 cm³/mol. The van der Waals surface area contributed by atoms with Crippen molar-refractivity contribution in [1.29, 1.82) is 5.26 Å². The Morgan fingerprint density at radius 3 is 2.72 bits per heavy atom. The van der Waals surface area contributed by atoms with Crippen molar-refractivity contribution >= 4 is 11.6 Å². The van der Waals surface area contributed by atoms with Gasteiger partial charge < -0.3 is 4.74 Å². The van der Waals surface area contributed by atoms with Gasteiger partial charge in [0.15, 0.2) is 0 Å². The lowest BCUT2D eigenvalue weighted by Crippen LogP contribution is -1.95. The smallest absolute Gasteiger partial charge is 0.260 e. The van der Waals surface area contributed by atoms with Gasteiger partial charge in [-0.1, -0.05) is 0 Å². The van der Waals surface area contributed by atoms with Crippen LogP contribution in [0.2, 0.25) is 5.28 Å². The number of aromatic nitrogens is 2. The minimum Gasteiger partial charge on any atom is -0.436 e. The minimum absolute atomic E-state index is 0.000154. The zero-order valence-electron chi connectivity index (χ0n) is 8.69. The summed E-state index contributed by atoms with van der Waals surface area (Å²) >= 11 is 5.48. The Morgan fingerprint density at radius 1 is 1.28 bits per heavy atom. The molecule has 0 fully saturated rings. The molecule has 1 heterocycles. The van der Waals surface area contributed by atoms with Crippen molar-refractivity contribution in [3.63, 3.8) is 0 Å². The number of nitrogens with zero attached hydrogens (tertiary/aromatic N) is 3. The van der Waals surface area contributed by atoms with E-state index in [4.69, 9.17) is 21.6 Å². The summed E-state index contributed by atoms with van der Waals surface area (Å²) in [6.07, 6.45) is 0.838. The zero-order valence-corrected chi connectivity index (χ0v) is 9.45. The normalized spacial score (nSPS) is 9.89. The number of halogens is 3. The largest absolute Gasteiger partial charge is 0.436 e. The van der Waals surface area contributed by atoms with E-state index in [1.807, 2.05) is 0 Å². The summed E-state index contributed by atoms with van der Waals surface area (Å²) < 4.78 is 31.5. The van der Waals surface area contributed by atoms with Crippen molar-refractivity contribution in [2.24, 2.45) is 0 Å². The summed E-state index contributed by atoms with van der Waals surface area (Å²) in [5, 5.41) is 8.36. The van der Waals surface area contributed by atoms with Gasteiger partial charge in [-0.25, -0.2) is 9.37 Å². The molecule has 0 radical (unpaired) electrons. The molecule has 0 saturated heterocycles. The Kier molecular flexibility index (Phi) is 3.35. The lowest BCUT2D eigenvalue weighted by atomic mass is 10.2. The third-order valence-electron chi connectivity index (χ3n) is 1.96. The van der Waals surface area contributed by atoms with Crippen molar-refractivity contribution in [2.75, 3.05) is 0 Å². The van der Waals surface area contributed by atoms with Crippen LogP contribution in [0.1, 0.15) is 5.56 Å². The summed E-state index contributed by atoms with van der Waals surface area (Å²) in [7, 11) is 0. The molecular weight excluding hydrogens is 264 g/mol. The molecule has 0 atom stereocenters. The fourth-order valence-corrected chi connectivity index (χ4v) is 1.29. The van der Waals surface area contributed by atoms with Gasteiger partial charge in [-0.2, -0.15) is 14.6 Å². The van der Waals surface area contributed by atoms with E-state index in [2.05, 4.69) is 9.97 Å². The molecule has 1 aromatic heterocycles. The van der Waals surface area contributed by atoms with E-state index in [1.54, 1.807) is 6.07 Å². The van der Waals surface area contributed by atoms with Crippen LogP contribution in [0.25, 0.3) is 0 Å². The number of nitriles is 1. The van der Waals surface area contributed by atoms with E-state index in [-0.39, 0.29) is 16.6 Å². The fourth-order valence-electron chi connectivity index (χ4n) is 1.16. The number of benzene rings is 1. The quantitative estimate of drug-likeness (QED) is 0.785. The van der Waals surface area contributed by atoms with Crippen molar-refractivity contribution in [2.45, 2.75) is 0 Å². The second kappa shape index (κ2) is 4.94. The van der Waals surface area contributed by atoms with Crippen molar-refractivity contribution in [1.82, 2.24) is 9.97 Å². The van der Waals surface area contributed by atoms with E-state index in [1.165, 1.54) is 12.1 Å². The Bertz CT molecular complexity index is 643. The van der Waals surface area contributed by atoms with Gasteiger partial charge in [0, 0.05) is 6.07 Å². The van der Waals surface area contributed by atoms with E-state index in [0.717, 1.165) is 12.3 Å². The lowest BCUT2D eigenvalue weighted by molar-refractivity contribution is 0.417. The van der Waals surface area contributed by atoms with Crippen LogP contribution in [0.3, 0.4) is 0 Å². The summed E-state index contributed by atoms with van der Waals surface area (Å²) in [4.78, 5) is 6.92. The molecule has 1 aromatic carbocycles. The third-order valence-corrected chi connectivity index (χ3v) is 2.14. The molecule has 0 N–H and O–H groups in total. The molecule has 2 aromatic rings. The SMILES string of the molecule is N#Cc1ccc(Oc2nc(Cl)ncc2F)cc1F. The van der Waals surface area contributed by atoms with Crippen molar-refractivity contribution in [3.05, 3.63) is 46.9 Å². The Labute approximate surface area is 105 Å². The summed E-state index contributed by atoms with van der Waals surface area (Å²) in [5.41, 5.74) is -0.136. The maximum atomic E-state index is 13.3. The molecule has 18 heavy (non-hydrogen) atoms. The molecule has 2 rings (SSSR count). The number of hydrogen-bond donors (Lipinski definition) is 0. The van der Waals surface area contributed by atoms with Gasteiger partial charge in [-0.15, -0.1) is 0 Å². The van der Waals surface area contributed by atoms with Gasteiger partial charge in [0.2, 0.25) is 11.1 Å². The second-order valence-electron chi connectivity index (χ2n) is 3.15. The van der Waals surface area contributed by atoms with Gasteiger partial charge in [0.25, 0.3) is 5.88 Å². The van der Waals surface area contributed by atoms with E-state index in [0.29, 0.717) is 0 Å². The van der Waals surface area contributed by atoms with Crippen LogP contribution in [0, 0.1) is 23.0 Å². The summed E-state index contributed by atoms with van der Waals surface area (Å²) in [6, 6.07) is 5.14. The first-order chi connectivity index (χ1) is 8.60. The fraction of sp³-hybridized carbons (Fsp3) is 0. The maximum Gasteiger partial charge on any atom is 0.260 e. The molecule has 0 aliphatic carbocycles. The first-order valence-corrected chi connectivity index (χ1v) is 5.03. The van der Waals surface area contributed by atoms with Gasteiger partial charge in [0.1, 0.15) is 17.6 Å². The molecule has 0 aliphatic rings. The van der Waals surface area contributed by atoms with Crippen LogP contribution in [-0.4, -0.2) is 9.97 Å². The summed E-state index contributed by atoms with van der Waals surface area (Å²) in [6.45, 7) is 0. The average molecular weight is 268 g/mol. The van der Waals surface area contributed by atoms with Gasteiger partial charge in [-0.3, -0.25) is 0 Å². The lowest BCUT2D eigenvalue weighted by Gasteiger charge is -2.05. The highest BCUT2D eigenvalue weighted by atomic mass is 35.5. The standard InChI is InChI=1S/C11H4ClF2N3O/c12-11-16-5-9(14)10(17-11)18-7-2-1-6(4-15)8(13)3-7/h1-3,5H. The van der Waals surface area contributed by atoms with Crippen molar-refractivity contribution < 1.29 is 13.5 Å². The predicted octanol–water partition coefficient (Wildman–Crippen LogP) is 3.07. The Hall–Kier alpha value is -2.26. The molecule has 0 spiro atoms. The van der Waals surface area contributed by atoms with Crippen LogP contribution in [0.5, 0.6) is 11.6 Å². The molecule has 0 amide bonds. The number of rotatable bonds is 2. The second-order valence-corrected chi connectivity index (χ2v) is 3.49. The minimum atomic E-state index is -0.829. The van der Waals surface area contributed by atoms with Gasteiger partial charge >= 0.3 is 0 Å². The van der Waals surface area contributed by atoms with Crippen LogP contribution in [0.4, 0.5) is 8.78 Å². The molecule has 4 nitrogen and oxygen atoms in total. The highest BCUT2D eigenvalue weighted by molar-refractivity contribution is 6.28. The third kappa shape index (κ3) is 2.52. The highest BCUT2D eigenvalue weighted by Gasteiger charge is 2.10. The van der Waals surface area contributed by atoms with Crippen LogP contribution in [-0.2, 0) is 0 Å². The summed E-state index contributed by atoms with van der Waals surface area (Å²) in [5.74, 6) is -2.01. The average Bonchev–Trinajstić information content (AvgIpc) is 2.34.